The van der Waals surface area contributed by atoms with Crippen molar-refractivity contribution in [3.8, 4) is 78.6 Å². The maximum absolute atomic E-state index is 11.5. The van der Waals surface area contributed by atoms with Gasteiger partial charge in [0, 0.05) is 48.0 Å². The Kier molecular flexibility index (Phi) is 9.93. The van der Waals surface area contributed by atoms with Crippen molar-refractivity contribution >= 4 is 11.0 Å². The predicted octanol–water partition coefficient (Wildman–Crippen LogP) is 15.2. The summed E-state index contributed by atoms with van der Waals surface area (Å²) in [6.07, 6.45) is 1.90. The Hall–Kier alpha value is -7.13. The first-order valence-electron chi connectivity index (χ1n) is 23.6. The van der Waals surface area contributed by atoms with Crippen molar-refractivity contribution in [2.24, 2.45) is 0 Å². The van der Waals surface area contributed by atoms with Crippen molar-refractivity contribution in [1.29, 1.82) is 0 Å². The number of fused-ring (bicyclic) bond motifs is 4. The summed E-state index contributed by atoms with van der Waals surface area (Å²) in [4.78, 5) is 10.5. The van der Waals surface area contributed by atoms with E-state index in [4.69, 9.17) is 14.1 Å². The Bertz CT molecular complexity index is 3560. The van der Waals surface area contributed by atoms with Gasteiger partial charge in [0.05, 0.1) is 22.3 Å². The third-order valence-electron chi connectivity index (χ3n) is 13.5. The van der Waals surface area contributed by atoms with Crippen molar-refractivity contribution in [2.75, 3.05) is 0 Å². The summed E-state index contributed by atoms with van der Waals surface area (Å²) in [6, 6.07) is 67.1. The quantitative estimate of drug-likeness (QED) is 0.154. The van der Waals surface area contributed by atoms with E-state index in [1.165, 1.54) is 27.8 Å². The topological polar surface area (TPSA) is 50.9 Å². The molecule has 0 unspecified atom stereocenters. The molecule has 0 bridgehead atoms. The molecule has 0 fully saturated rings. The Morgan fingerprint density at radius 2 is 1.29 bits per heavy atom. The fourth-order valence-corrected chi connectivity index (χ4v) is 10.0. The average Bonchev–Trinajstić information content (AvgIpc) is 3.86. The first-order chi connectivity index (χ1) is 32.8. The molecule has 0 saturated heterocycles. The van der Waals surface area contributed by atoms with Crippen LogP contribution in [0.2, 0.25) is 0 Å². The van der Waals surface area contributed by atoms with Gasteiger partial charge in [0.25, 0.3) is 0 Å². The fourth-order valence-electron chi connectivity index (χ4n) is 10.0. The third-order valence-corrected chi connectivity index (χ3v) is 13.5. The minimum absolute atomic E-state index is 0. The molecule has 1 aliphatic carbocycles. The van der Waals surface area contributed by atoms with Crippen LogP contribution in [0.25, 0.3) is 83.9 Å². The maximum atomic E-state index is 11.5. The van der Waals surface area contributed by atoms with Crippen LogP contribution in [0.15, 0.2) is 194 Å². The van der Waals surface area contributed by atoms with Crippen LogP contribution in [0, 0.1) is 12.9 Å². The van der Waals surface area contributed by atoms with Crippen molar-refractivity contribution in [3.63, 3.8) is 0 Å². The van der Waals surface area contributed by atoms with Crippen molar-refractivity contribution in [2.45, 2.75) is 45.4 Å². The van der Waals surface area contributed by atoms with Gasteiger partial charge in [0.1, 0.15) is 11.6 Å². The second-order valence-corrected chi connectivity index (χ2v) is 18.1. The smallest absolute Gasteiger partial charge is 0.148 e. The van der Waals surface area contributed by atoms with Crippen molar-refractivity contribution in [3.05, 3.63) is 228 Å². The Labute approximate surface area is 405 Å². The molecule has 11 rings (SSSR count). The van der Waals surface area contributed by atoms with Gasteiger partial charge >= 0.3 is 0 Å². The fraction of sp³-hybridized carbons (Fsp3) is 0.115. The standard InChI is InChI=1S/C61H48N3O.Pt/c1-39-27-32-54(49(35-39)41-17-8-6-9-18-41)64-55-25-16-23-46(58(55)63-59(64)48-22-13-15-26-56(48)65)43-36-50-47-21-12-14-24-52(47)61(4,5)57(50)51(37-43)53-38-42(33-34-62-53)40-28-30-45(31-29-40)60(2,3)44-19-10-7-11-20-44;/h6-36,38,65H,1-5H3;/q-1;/i1D3;. The van der Waals surface area contributed by atoms with Gasteiger partial charge in [-0.3, -0.25) is 9.55 Å². The van der Waals surface area contributed by atoms with Gasteiger partial charge < -0.3 is 5.11 Å². The molecule has 0 spiro atoms. The van der Waals surface area contributed by atoms with Crippen LogP contribution in [-0.4, -0.2) is 19.6 Å². The van der Waals surface area contributed by atoms with Gasteiger partial charge in [0.2, 0.25) is 0 Å². The molecule has 1 aliphatic rings. The van der Waals surface area contributed by atoms with Gasteiger partial charge in [-0.25, -0.2) is 4.98 Å². The van der Waals surface area contributed by atoms with Crippen LogP contribution in [0.3, 0.4) is 0 Å². The third kappa shape index (κ3) is 7.12. The summed E-state index contributed by atoms with van der Waals surface area (Å²) in [7, 11) is 0. The van der Waals surface area contributed by atoms with Crippen LogP contribution in [0.5, 0.6) is 5.75 Å². The van der Waals surface area contributed by atoms with Gasteiger partial charge in [-0.15, -0.1) is 17.7 Å². The van der Waals surface area contributed by atoms with E-state index in [0.717, 1.165) is 61.4 Å². The van der Waals surface area contributed by atoms with E-state index in [9.17, 15) is 5.11 Å². The summed E-state index contributed by atoms with van der Waals surface area (Å²) >= 11 is 0. The Morgan fingerprint density at radius 3 is 2.05 bits per heavy atom. The van der Waals surface area contributed by atoms with Gasteiger partial charge in [-0.05, 0) is 87.6 Å². The molecule has 0 radical (unpaired) electrons. The van der Waals surface area contributed by atoms with Crippen LogP contribution in [0.1, 0.15) is 59.6 Å². The molecule has 4 nitrogen and oxygen atoms in total. The predicted molar refractivity (Wildman–Crippen MR) is 267 cm³/mol. The minimum Gasteiger partial charge on any atom is -0.507 e. The second-order valence-electron chi connectivity index (χ2n) is 18.1. The Morgan fingerprint density at radius 1 is 0.606 bits per heavy atom. The zero-order valence-corrected chi connectivity index (χ0v) is 39.4. The number of phenolic OH excluding ortho intramolecular Hbond substituents is 1. The van der Waals surface area contributed by atoms with Gasteiger partial charge in [-0.1, -0.05) is 201 Å². The summed E-state index contributed by atoms with van der Waals surface area (Å²) in [5.74, 6) is 0.599. The molecule has 5 heteroatoms. The molecule has 1 N–H and O–H groups in total. The number of para-hydroxylation sites is 2. The monoisotopic (exact) mass is 1040 g/mol. The molecule has 2 heterocycles. The van der Waals surface area contributed by atoms with Gasteiger partial charge in [0.15, 0.2) is 0 Å². The molecule has 0 atom stereocenters. The first-order valence-corrected chi connectivity index (χ1v) is 22.1. The molecule has 66 heavy (non-hydrogen) atoms. The zero-order valence-electron chi connectivity index (χ0n) is 40.1. The number of pyridine rings is 1. The van der Waals surface area contributed by atoms with Crippen LogP contribution >= 0.6 is 0 Å². The zero-order chi connectivity index (χ0) is 47.0. The summed E-state index contributed by atoms with van der Waals surface area (Å²) in [5, 5.41) is 11.5. The first kappa shape index (κ1) is 39.3. The molecule has 0 amide bonds. The van der Waals surface area contributed by atoms with Crippen LogP contribution in [0.4, 0.5) is 0 Å². The number of phenols is 1. The number of rotatable bonds is 8. The number of hydrogen-bond acceptors (Lipinski definition) is 3. The van der Waals surface area contributed by atoms with Gasteiger partial charge in [-0.2, -0.15) is 0 Å². The summed E-state index contributed by atoms with van der Waals surface area (Å²) in [5.41, 5.74) is 16.9. The normalized spacial score (nSPS) is 13.5. The Balaban J connectivity index is 0.00000553. The van der Waals surface area contributed by atoms with E-state index in [2.05, 4.69) is 137 Å². The number of hydrogen-bond donors (Lipinski definition) is 1. The van der Waals surface area contributed by atoms with E-state index in [1.807, 2.05) is 71.4 Å². The number of aryl methyl sites for hydroxylation is 1. The largest absolute Gasteiger partial charge is 0.507 e. The molecule has 10 aromatic rings. The van der Waals surface area contributed by atoms with Crippen molar-refractivity contribution in [1.82, 2.24) is 14.5 Å². The second kappa shape index (κ2) is 16.7. The molecular formula is C61H48N3OPt-. The average molecular weight is 1040 g/mol. The van der Waals surface area contributed by atoms with E-state index < -0.39 is 6.85 Å². The molecule has 2 aromatic heterocycles. The SMILES string of the molecule is [2H]C([2H])([2H])c1ccc(-n2c(-c3ccccc3O)nc3c(-c4[c-]c(-c5cc(-c6ccc(C(C)(C)c7ccccc7)cc6)ccn5)c5c(c4)-c4ccccc4C5(C)C)cccc32)c(-c2ccccc2)c1.[Pt]. The van der Waals surface area contributed by atoms with Crippen LogP contribution < -0.4 is 0 Å². The molecule has 8 aromatic carbocycles. The summed E-state index contributed by atoms with van der Waals surface area (Å²) in [6.45, 7) is 6.79. The number of aromatic nitrogens is 3. The molecule has 0 aliphatic heterocycles. The maximum Gasteiger partial charge on any atom is 0.148 e. The summed E-state index contributed by atoms with van der Waals surface area (Å²) < 4.78 is 27.0. The minimum atomic E-state index is -2.32. The van der Waals surface area contributed by atoms with E-state index in [0.29, 0.717) is 16.9 Å². The molecular weight excluding hydrogens is 986 g/mol. The van der Waals surface area contributed by atoms with Crippen LogP contribution in [-0.2, 0) is 31.9 Å². The van der Waals surface area contributed by atoms with E-state index in [1.54, 1.807) is 24.3 Å². The van der Waals surface area contributed by atoms with Crippen molar-refractivity contribution < 1.29 is 30.3 Å². The number of aromatic hydroxyl groups is 1. The number of nitrogens with zero attached hydrogens (tertiary/aromatic N) is 3. The van der Waals surface area contributed by atoms with E-state index >= 15 is 0 Å². The number of benzene rings is 8. The molecule has 0 saturated carbocycles. The van der Waals surface area contributed by atoms with E-state index in [-0.39, 0.29) is 43.2 Å². The molecule has 324 valence electrons. The number of imidazole rings is 1.